The average molecular weight is 243 g/mol. The lowest BCUT2D eigenvalue weighted by Crippen LogP contribution is -2.49. The molecule has 98 valence electrons. The fourth-order valence-electron chi connectivity index (χ4n) is 1.31. The van der Waals surface area contributed by atoms with E-state index in [4.69, 9.17) is 0 Å². The van der Waals surface area contributed by atoms with Crippen molar-refractivity contribution in [3.63, 3.8) is 0 Å². The molecule has 2 unspecified atom stereocenters. The molecule has 0 aliphatic rings. The van der Waals surface area contributed by atoms with Crippen molar-refractivity contribution >= 4 is 18.1 Å². The quantitative estimate of drug-likeness (QED) is 0.487. The summed E-state index contributed by atoms with van der Waals surface area (Å²) in [5, 5.41) is 7.78. The van der Waals surface area contributed by atoms with Crippen LogP contribution in [0.25, 0.3) is 0 Å². The molecule has 0 spiro atoms. The first-order valence-electron chi connectivity index (χ1n) is 5.74. The molecule has 0 bridgehead atoms. The Kier molecular flexibility index (Phi) is 7.96. The van der Waals surface area contributed by atoms with Gasteiger partial charge in [-0.1, -0.05) is 13.3 Å². The van der Waals surface area contributed by atoms with Crippen molar-refractivity contribution < 1.29 is 14.4 Å². The van der Waals surface area contributed by atoms with Crippen LogP contribution in [0.4, 0.5) is 0 Å². The van der Waals surface area contributed by atoms with Gasteiger partial charge in [0, 0.05) is 0 Å². The highest BCUT2D eigenvalue weighted by molar-refractivity contribution is 5.89. The third-order valence-electron chi connectivity index (χ3n) is 2.20. The molecule has 0 saturated carbocycles. The Bertz CT molecular complexity index is 269. The first kappa shape index (κ1) is 15.6. The van der Waals surface area contributed by atoms with Crippen LogP contribution < -0.4 is 16.0 Å². The molecular weight excluding hydrogens is 222 g/mol. The van der Waals surface area contributed by atoms with Gasteiger partial charge >= 0.3 is 0 Å². The first-order valence-corrected chi connectivity index (χ1v) is 5.74. The molecular formula is C11H21N3O3. The van der Waals surface area contributed by atoms with E-state index in [-0.39, 0.29) is 18.4 Å². The molecule has 0 rings (SSSR count). The van der Waals surface area contributed by atoms with Gasteiger partial charge in [-0.05, 0) is 20.4 Å². The number of rotatable bonds is 8. The van der Waals surface area contributed by atoms with Crippen molar-refractivity contribution in [1.29, 1.82) is 0 Å². The van der Waals surface area contributed by atoms with E-state index in [2.05, 4.69) is 16.0 Å². The summed E-state index contributed by atoms with van der Waals surface area (Å²) in [5.41, 5.74) is 0. The minimum absolute atomic E-state index is 0.156. The summed E-state index contributed by atoms with van der Waals surface area (Å²) in [6, 6.07) is -1.12. The standard InChI is InChI=1S/C11H21N3O3/c1-4-5-9(7-15)14-11(17)8(2)13-10(16)6-12-3/h7-9,12H,4-6H2,1-3H3,(H,13,16)(H,14,17). The lowest BCUT2D eigenvalue weighted by Gasteiger charge is -2.17. The van der Waals surface area contributed by atoms with Crippen molar-refractivity contribution in [3.8, 4) is 0 Å². The van der Waals surface area contributed by atoms with Gasteiger partial charge in [-0.2, -0.15) is 0 Å². The third kappa shape index (κ3) is 6.68. The topological polar surface area (TPSA) is 87.3 Å². The molecule has 0 aromatic heterocycles. The number of carbonyl (C=O) groups is 3. The van der Waals surface area contributed by atoms with Gasteiger partial charge in [0.05, 0.1) is 12.6 Å². The maximum atomic E-state index is 11.6. The molecule has 0 saturated heterocycles. The molecule has 0 heterocycles. The van der Waals surface area contributed by atoms with E-state index in [1.807, 2.05) is 6.92 Å². The van der Waals surface area contributed by atoms with Crippen molar-refractivity contribution in [2.75, 3.05) is 13.6 Å². The summed E-state index contributed by atoms with van der Waals surface area (Å²) in [5.74, 6) is -0.603. The van der Waals surface area contributed by atoms with Gasteiger partial charge in [0.2, 0.25) is 11.8 Å². The second kappa shape index (κ2) is 8.69. The van der Waals surface area contributed by atoms with E-state index in [1.54, 1.807) is 14.0 Å². The maximum absolute atomic E-state index is 11.6. The fraction of sp³-hybridized carbons (Fsp3) is 0.727. The molecule has 3 N–H and O–H groups in total. The van der Waals surface area contributed by atoms with Gasteiger partial charge in [0.25, 0.3) is 0 Å². The number of hydrogen-bond donors (Lipinski definition) is 3. The van der Waals surface area contributed by atoms with Crippen LogP contribution in [-0.4, -0.2) is 43.8 Å². The Morgan fingerprint density at radius 1 is 1.29 bits per heavy atom. The summed E-state index contributed by atoms with van der Waals surface area (Å²) in [7, 11) is 1.65. The molecule has 0 radical (unpaired) electrons. The van der Waals surface area contributed by atoms with Crippen LogP contribution in [-0.2, 0) is 14.4 Å². The largest absolute Gasteiger partial charge is 0.345 e. The Balaban J connectivity index is 4.11. The third-order valence-corrected chi connectivity index (χ3v) is 2.20. The fourth-order valence-corrected chi connectivity index (χ4v) is 1.31. The average Bonchev–Trinajstić information content (AvgIpc) is 2.28. The molecule has 0 aromatic carbocycles. The molecule has 17 heavy (non-hydrogen) atoms. The van der Waals surface area contributed by atoms with Crippen LogP contribution in [0.15, 0.2) is 0 Å². The number of hydrogen-bond acceptors (Lipinski definition) is 4. The summed E-state index contributed by atoms with van der Waals surface area (Å²) >= 11 is 0. The molecule has 0 fully saturated rings. The maximum Gasteiger partial charge on any atom is 0.242 e. The summed E-state index contributed by atoms with van der Waals surface area (Å²) in [6.45, 7) is 3.67. The zero-order chi connectivity index (χ0) is 13.3. The highest BCUT2D eigenvalue weighted by Gasteiger charge is 2.18. The van der Waals surface area contributed by atoms with Crippen molar-refractivity contribution in [1.82, 2.24) is 16.0 Å². The summed E-state index contributed by atoms with van der Waals surface area (Å²) in [6.07, 6.45) is 2.13. The lowest BCUT2D eigenvalue weighted by molar-refractivity contribution is -0.129. The Morgan fingerprint density at radius 2 is 1.94 bits per heavy atom. The number of nitrogens with one attached hydrogen (secondary N) is 3. The van der Waals surface area contributed by atoms with Crippen LogP contribution in [0, 0.1) is 0 Å². The predicted octanol–water partition coefficient (Wildman–Crippen LogP) is -0.806. The summed E-state index contributed by atoms with van der Waals surface area (Å²) in [4.78, 5) is 33.5. The molecule has 2 atom stereocenters. The zero-order valence-electron chi connectivity index (χ0n) is 10.6. The molecule has 2 amide bonds. The van der Waals surface area contributed by atoms with E-state index in [0.717, 1.165) is 6.42 Å². The van der Waals surface area contributed by atoms with Gasteiger partial charge in [-0.3, -0.25) is 9.59 Å². The van der Waals surface area contributed by atoms with E-state index in [0.29, 0.717) is 12.7 Å². The van der Waals surface area contributed by atoms with Crippen molar-refractivity contribution in [3.05, 3.63) is 0 Å². The number of carbonyl (C=O) groups excluding carboxylic acids is 3. The van der Waals surface area contributed by atoms with Crippen LogP contribution in [0.1, 0.15) is 26.7 Å². The minimum Gasteiger partial charge on any atom is -0.345 e. The van der Waals surface area contributed by atoms with Crippen molar-refractivity contribution in [2.24, 2.45) is 0 Å². The van der Waals surface area contributed by atoms with Crippen LogP contribution in [0.3, 0.4) is 0 Å². The van der Waals surface area contributed by atoms with Crippen molar-refractivity contribution in [2.45, 2.75) is 38.8 Å². The number of aldehydes is 1. The molecule has 6 heteroatoms. The highest BCUT2D eigenvalue weighted by Crippen LogP contribution is 1.94. The predicted molar refractivity (Wildman–Crippen MR) is 64.4 cm³/mol. The second-order valence-corrected chi connectivity index (χ2v) is 3.86. The van der Waals surface area contributed by atoms with Gasteiger partial charge in [0.15, 0.2) is 0 Å². The normalized spacial score (nSPS) is 13.6. The Morgan fingerprint density at radius 3 is 2.41 bits per heavy atom. The van der Waals surface area contributed by atoms with Gasteiger partial charge in [-0.25, -0.2) is 0 Å². The Hall–Kier alpha value is -1.43. The van der Waals surface area contributed by atoms with E-state index in [9.17, 15) is 14.4 Å². The van der Waals surface area contributed by atoms with Crippen LogP contribution >= 0.6 is 0 Å². The van der Waals surface area contributed by atoms with Gasteiger partial charge in [-0.15, -0.1) is 0 Å². The Labute approximate surface area is 102 Å². The lowest BCUT2D eigenvalue weighted by atomic mass is 10.2. The SMILES string of the molecule is CCCC(C=O)NC(=O)C(C)NC(=O)CNC. The van der Waals surface area contributed by atoms with E-state index >= 15 is 0 Å². The van der Waals surface area contributed by atoms with Gasteiger partial charge < -0.3 is 20.7 Å². The minimum atomic E-state index is -0.643. The monoisotopic (exact) mass is 243 g/mol. The zero-order valence-corrected chi connectivity index (χ0v) is 10.6. The summed E-state index contributed by atoms with van der Waals surface area (Å²) < 4.78 is 0. The molecule has 0 aromatic rings. The van der Waals surface area contributed by atoms with Crippen LogP contribution in [0.2, 0.25) is 0 Å². The highest BCUT2D eigenvalue weighted by atomic mass is 16.2. The van der Waals surface area contributed by atoms with E-state index < -0.39 is 12.1 Å². The van der Waals surface area contributed by atoms with Gasteiger partial charge in [0.1, 0.15) is 12.3 Å². The number of amides is 2. The smallest absolute Gasteiger partial charge is 0.242 e. The molecule has 0 aliphatic carbocycles. The second-order valence-electron chi connectivity index (χ2n) is 3.86. The molecule has 6 nitrogen and oxygen atoms in total. The molecule has 0 aliphatic heterocycles. The first-order chi connectivity index (χ1) is 8.04. The van der Waals surface area contributed by atoms with Crippen LogP contribution in [0.5, 0.6) is 0 Å². The number of likely N-dealkylation sites (N-methyl/N-ethyl adjacent to an activating group) is 1. The van der Waals surface area contributed by atoms with E-state index in [1.165, 1.54) is 0 Å².